The van der Waals surface area contributed by atoms with Crippen LogP contribution in [0.2, 0.25) is 0 Å². The van der Waals surface area contributed by atoms with Gasteiger partial charge in [0.05, 0.1) is 23.7 Å². The summed E-state index contributed by atoms with van der Waals surface area (Å²) < 4.78 is 7.28. The van der Waals surface area contributed by atoms with Crippen LogP contribution < -0.4 is 0 Å². The fourth-order valence-corrected chi connectivity index (χ4v) is 1.74. The lowest BCUT2D eigenvalue weighted by Crippen LogP contribution is -2.18. The molecule has 0 fully saturated rings. The van der Waals surface area contributed by atoms with Gasteiger partial charge in [-0.05, 0) is 19.8 Å². The van der Waals surface area contributed by atoms with Crippen molar-refractivity contribution in [2.24, 2.45) is 5.92 Å². The Bertz CT molecular complexity index is 338. The van der Waals surface area contributed by atoms with Gasteiger partial charge in [0.25, 0.3) is 0 Å². The van der Waals surface area contributed by atoms with E-state index in [9.17, 15) is 0 Å². The van der Waals surface area contributed by atoms with Crippen molar-refractivity contribution in [2.45, 2.75) is 45.7 Å². The molecule has 0 bridgehead atoms. The molecule has 0 saturated heterocycles. The summed E-state index contributed by atoms with van der Waals surface area (Å²) in [6.07, 6.45) is -0.0371. The Hall–Kier alpha value is -0.610. The first kappa shape index (κ1) is 13.5. The number of aromatic nitrogens is 3. The quantitative estimate of drug-likeness (QED) is 0.749. The molecule has 16 heavy (non-hydrogen) atoms. The molecule has 0 spiro atoms. The van der Waals surface area contributed by atoms with Crippen molar-refractivity contribution in [3.05, 3.63) is 11.4 Å². The molecule has 1 heterocycles. The smallest absolute Gasteiger partial charge is 0.103 e. The number of alkyl halides is 1. The first-order chi connectivity index (χ1) is 7.52. The highest BCUT2D eigenvalue weighted by Gasteiger charge is 2.22. The van der Waals surface area contributed by atoms with Crippen molar-refractivity contribution in [1.29, 1.82) is 0 Å². The summed E-state index contributed by atoms with van der Waals surface area (Å²) in [6, 6.07) is 0.289. The van der Waals surface area contributed by atoms with E-state index in [1.165, 1.54) is 0 Å². The van der Waals surface area contributed by atoms with Gasteiger partial charge in [0.15, 0.2) is 0 Å². The number of nitrogens with zero attached hydrogens (tertiary/aromatic N) is 3. The molecule has 0 aliphatic heterocycles. The van der Waals surface area contributed by atoms with Gasteiger partial charge in [0.2, 0.25) is 0 Å². The van der Waals surface area contributed by atoms with Gasteiger partial charge < -0.3 is 4.74 Å². The minimum Gasteiger partial charge on any atom is -0.375 e. The van der Waals surface area contributed by atoms with E-state index in [4.69, 9.17) is 16.3 Å². The van der Waals surface area contributed by atoms with Crippen molar-refractivity contribution < 1.29 is 4.74 Å². The predicted molar refractivity (Wildman–Crippen MR) is 64.6 cm³/mol. The number of hydrogen-bond donors (Lipinski definition) is 0. The van der Waals surface area contributed by atoms with Crippen LogP contribution in [-0.4, -0.2) is 22.1 Å². The third-order valence-corrected chi connectivity index (χ3v) is 3.27. The van der Waals surface area contributed by atoms with Crippen LogP contribution in [-0.2, 0) is 10.6 Å². The lowest BCUT2D eigenvalue weighted by Gasteiger charge is -2.21. The number of halogens is 1. The number of hydrogen-bond acceptors (Lipinski definition) is 3. The predicted octanol–water partition coefficient (Wildman–Crippen LogP) is 2.94. The van der Waals surface area contributed by atoms with Crippen molar-refractivity contribution in [2.75, 3.05) is 7.11 Å². The van der Waals surface area contributed by atoms with Gasteiger partial charge in [-0.15, -0.1) is 16.7 Å². The van der Waals surface area contributed by atoms with Gasteiger partial charge in [-0.3, -0.25) is 0 Å². The summed E-state index contributed by atoms with van der Waals surface area (Å²) >= 11 is 5.86. The average molecular weight is 246 g/mol. The van der Waals surface area contributed by atoms with Crippen LogP contribution in [0.5, 0.6) is 0 Å². The van der Waals surface area contributed by atoms with E-state index in [1.807, 2.05) is 11.6 Å². The van der Waals surface area contributed by atoms with E-state index in [-0.39, 0.29) is 12.1 Å². The summed E-state index contributed by atoms with van der Waals surface area (Å²) in [6.45, 7) is 8.43. The molecule has 1 rings (SSSR count). The molecule has 0 N–H and O–H groups in total. The highest BCUT2D eigenvalue weighted by atomic mass is 35.5. The highest BCUT2D eigenvalue weighted by molar-refractivity contribution is 6.16. The van der Waals surface area contributed by atoms with Crippen LogP contribution in [0.4, 0.5) is 0 Å². The maximum atomic E-state index is 5.86. The molecule has 2 atom stereocenters. The molecule has 0 aliphatic carbocycles. The van der Waals surface area contributed by atoms with Crippen LogP contribution in [0.15, 0.2) is 0 Å². The third-order valence-electron chi connectivity index (χ3n) is 3.02. The first-order valence-corrected chi connectivity index (χ1v) is 6.09. The molecule has 1 aromatic rings. The van der Waals surface area contributed by atoms with Crippen molar-refractivity contribution >= 4 is 11.6 Å². The van der Waals surface area contributed by atoms with Crippen molar-refractivity contribution in [3.63, 3.8) is 0 Å². The summed E-state index contributed by atoms with van der Waals surface area (Å²) in [5.74, 6) is 0.862. The second-order valence-corrected chi connectivity index (χ2v) is 4.63. The number of methoxy groups -OCH3 is 1. The minimum atomic E-state index is -0.0371. The first-order valence-electron chi connectivity index (χ1n) is 5.55. The summed E-state index contributed by atoms with van der Waals surface area (Å²) in [5.41, 5.74) is 1.79. The Morgan fingerprint density at radius 2 is 1.94 bits per heavy atom. The molecule has 0 amide bonds. The maximum absolute atomic E-state index is 5.86. The van der Waals surface area contributed by atoms with E-state index >= 15 is 0 Å². The Morgan fingerprint density at radius 3 is 2.38 bits per heavy atom. The van der Waals surface area contributed by atoms with Crippen LogP contribution >= 0.6 is 11.6 Å². The second kappa shape index (κ2) is 5.64. The summed E-state index contributed by atoms with van der Waals surface area (Å²) in [5, 5.41) is 8.29. The van der Waals surface area contributed by atoms with Gasteiger partial charge in [-0.1, -0.05) is 19.1 Å². The van der Waals surface area contributed by atoms with Crippen molar-refractivity contribution in [3.8, 4) is 0 Å². The zero-order valence-corrected chi connectivity index (χ0v) is 11.3. The zero-order valence-electron chi connectivity index (χ0n) is 10.6. The molecular formula is C11H20ClN3O. The van der Waals surface area contributed by atoms with Crippen LogP contribution in [0.3, 0.4) is 0 Å². The Balaban J connectivity index is 3.14. The lowest BCUT2D eigenvalue weighted by atomic mass is 10.1. The fourth-order valence-electron chi connectivity index (χ4n) is 1.54. The molecule has 1 aromatic heterocycles. The SMILES string of the molecule is COC(C)c1c(CCl)nnn1C(C)C(C)C. The lowest BCUT2D eigenvalue weighted by molar-refractivity contribution is 0.107. The third kappa shape index (κ3) is 2.55. The molecule has 0 saturated carbocycles. The molecule has 4 nitrogen and oxygen atoms in total. The van der Waals surface area contributed by atoms with Crippen LogP contribution in [0.1, 0.15) is 51.2 Å². The van der Waals surface area contributed by atoms with Crippen LogP contribution in [0.25, 0.3) is 0 Å². The average Bonchev–Trinajstić information content (AvgIpc) is 2.70. The molecule has 92 valence electrons. The Morgan fingerprint density at radius 1 is 1.31 bits per heavy atom. The normalized spacial score (nSPS) is 15.4. The number of ether oxygens (including phenoxy) is 1. The van der Waals surface area contributed by atoms with E-state index in [0.717, 1.165) is 11.4 Å². The summed E-state index contributed by atoms with van der Waals surface area (Å²) in [7, 11) is 1.68. The van der Waals surface area contributed by atoms with Gasteiger partial charge in [0, 0.05) is 7.11 Å². The van der Waals surface area contributed by atoms with E-state index < -0.39 is 0 Å². The fraction of sp³-hybridized carbons (Fsp3) is 0.818. The van der Waals surface area contributed by atoms with Crippen LogP contribution in [0, 0.1) is 5.92 Å². The highest BCUT2D eigenvalue weighted by Crippen LogP contribution is 2.26. The molecule has 2 unspecified atom stereocenters. The molecule has 0 radical (unpaired) electrons. The van der Waals surface area contributed by atoms with Gasteiger partial charge >= 0.3 is 0 Å². The molecule has 0 aromatic carbocycles. The van der Waals surface area contributed by atoms with Gasteiger partial charge in [-0.2, -0.15) is 0 Å². The van der Waals surface area contributed by atoms with Crippen molar-refractivity contribution in [1.82, 2.24) is 15.0 Å². The zero-order chi connectivity index (χ0) is 12.3. The molecule has 5 heteroatoms. The van der Waals surface area contributed by atoms with E-state index in [0.29, 0.717) is 11.8 Å². The maximum Gasteiger partial charge on any atom is 0.103 e. The van der Waals surface area contributed by atoms with E-state index in [2.05, 4.69) is 31.1 Å². The minimum absolute atomic E-state index is 0.0371. The van der Waals surface area contributed by atoms with Gasteiger partial charge in [0.1, 0.15) is 5.69 Å². The monoisotopic (exact) mass is 245 g/mol. The largest absolute Gasteiger partial charge is 0.375 e. The van der Waals surface area contributed by atoms with E-state index in [1.54, 1.807) is 7.11 Å². The molecule has 0 aliphatic rings. The standard InChI is InChI=1S/C11H20ClN3O/c1-7(2)8(3)15-11(9(4)16-5)10(6-12)13-14-15/h7-9H,6H2,1-5H3. The second-order valence-electron chi connectivity index (χ2n) is 4.36. The van der Waals surface area contributed by atoms with Gasteiger partial charge in [-0.25, -0.2) is 4.68 Å². The topological polar surface area (TPSA) is 39.9 Å². The number of rotatable bonds is 5. The molecular weight excluding hydrogens is 226 g/mol. The Labute approximate surface area is 102 Å². The Kier molecular flexibility index (Phi) is 4.74. The summed E-state index contributed by atoms with van der Waals surface area (Å²) in [4.78, 5) is 0.